The van der Waals surface area contributed by atoms with Gasteiger partial charge in [0.2, 0.25) is 5.91 Å². The number of methoxy groups -OCH3 is 1. The molecule has 29 heavy (non-hydrogen) atoms. The van der Waals surface area contributed by atoms with Crippen LogP contribution in [0.1, 0.15) is 62.3 Å². The zero-order valence-corrected chi connectivity index (χ0v) is 18.4. The number of fused-ring (bicyclic) bond motifs is 1. The average molecular weight is 402 g/mol. The van der Waals surface area contributed by atoms with Crippen molar-refractivity contribution >= 4 is 5.91 Å². The molecule has 2 bridgehead atoms. The number of carbonyl (C=O) groups excluding carboxylic acids is 1. The Morgan fingerprint density at radius 3 is 2.66 bits per heavy atom. The smallest absolute Gasteiger partial charge is 0.222 e. The van der Waals surface area contributed by atoms with Crippen LogP contribution in [0, 0.1) is 36.5 Å². The fourth-order valence-corrected chi connectivity index (χ4v) is 6.70. The third-order valence-corrected chi connectivity index (χ3v) is 8.19. The summed E-state index contributed by atoms with van der Waals surface area (Å²) >= 11 is 0. The number of hydrogen-bond donors (Lipinski definition) is 2. The van der Waals surface area contributed by atoms with Crippen LogP contribution in [0.2, 0.25) is 0 Å². The van der Waals surface area contributed by atoms with Gasteiger partial charge in [-0.15, -0.1) is 0 Å². The van der Waals surface area contributed by atoms with Crippen molar-refractivity contribution in [3.63, 3.8) is 0 Å². The van der Waals surface area contributed by atoms with E-state index in [0.29, 0.717) is 37.2 Å². The molecule has 0 aromatic heterocycles. The van der Waals surface area contributed by atoms with E-state index >= 15 is 0 Å². The van der Waals surface area contributed by atoms with Gasteiger partial charge in [-0.05, 0) is 84.6 Å². The number of rotatable bonds is 5. The highest BCUT2D eigenvalue weighted by atomic mass is 16.5. The molecule has 2 saturated carbocycles. The number of benzene rings is 1. The minimum Gasteiger partial charge on any atom is -0.507 e. The predicted molar refractivity (Wildman–Crippen MR) is 112 cm³/mol. The van der Waals surface area contributed by atoms with Crippen LogP contribution >= 0.6 is 0 Å². The second-order valence-corrected chi connectivity index (χ2v) is 10.1. The maximum Gasteiger partial charge on any atom is 0.222 e. The first-order chi connectivity index (χ1) is 13.7. The zero-order chi connectivity index (χ0) is 21.0. The minimum absolute atomic E-state index is 0.0289. The second-order valence-electron chi connectivity index (χ2n) is 10.1. The molecular formula is C24H35NO4. The number of nitrogens with one attached hydrogen (secondary N) is 1. The monoisotopic (exact) mass is 401 g/mol. The summed E-state index contributed by atoms with van der Waals surface area (Å²) in [5, 5.41) is 13.6. The van der Waals surface area contributed by atoms with E-state index < -0.39 is 0 Å². The zero-order valence-electron chi connectivity index (χ0n) is 18.4. The van der Waals surface area contributed by atoms with Crippen LogP contribution in [0.25, 0.3) is 0 Å². The van der Waals surface area contributed by atoms with Crippen molar-refractivity contribution in [2.45, 2.75) is 65.5 Å². The van der Waals surface area contributed by atoms with Gasteiger partial charge in [-0.3, -0.25) is 4.79 Å². The Bertz CT molecular complexity index is 781. The number of phenols is 1. The van der Waals surface area contributed by atoms with E-state index in [1.807, 2.05) is 13.8 Å². The first-order valence-electron chi connectivity index (χ1n) is 10.9. The number of amides is 1. The number of carbonyl (C=O) groups is 1. The topological polar surface area (TPSA) is 67.8 Å². The molecular weight excluding hydrogens is 366 g/mol. The van der Waals surface area contributed by atoms with Crippen LogP contribution in [0.3, 0.4) is 0 Å². The first kappa shape index (κ1) is 20.7. The molecule has 1 heterocycles. The number of hydrogen-bond acceptors (Lipinski definition) is 4. The highest BCUT2D eigenvalue weighted by Crippen LogP contribution is 2.70. The molecule has 1 saturated heterocycles. The lowest BCUT2D eigenvalue weighted by Gasteiger charge is -2.53. The predicted octanol–water partition coefficient (Wildman–Crippen LogP) is 4.04. The van der Waals surface area contributed by atoms with Gasteiger partial charge in [0.15, 0.2) is 0 Å². The molecule has 3 fully saturated rings. The standard InChI is InChI=1S/C24H35NO4/c1-14-10-16(11-15(2)20(14)27)21-18-12-17-13-24(18,7-9-29-21)22(23(17,3)4)25-19(26)6-8-28-5/h10-11,17-18,21-22,27H,6-9,12-13H2,1-5H3,(H,25,26)/t17-,18-,21-,22-,24-/m1/s1. The molecule has 160 valence electrons. The number of phenolic OH excluding ortho intramolecular Hbond substituents is 1. The van der Waals surface area contributed by atoms with E-state index in [9.17, 15) is 9.90 Å². The third-order valence-electron chi connectivity index (χ3n) is 8.19. The number of aryl methyl sites for hydroxylation is 2. The van der Waals surface area contributed by atoms with Crippen LogP contribution in [0.4, 0.5) is 0 Å². The molecule has 5 nitrogen and oxygen atoms in total. The number of aromatic hydroxyl groups is 1. The summed E-state index contributed by atoms with van der Waals surface area (Å²) in [6.07, 6.45) is 3.74. The summed E-state index contributed by atoms with van der Waals surface area (Å²) in [7, 11) is 1.63. The molecule has 2 aliphatic carbocycles. The lowest BCUT2D eigenvalue weighted by molar-refractivity contribution is -0.137. The molecule has 0 unspecified atom stereocenters. The van der Waals surface area contributed by atoms with E-state index in [1.165, 1.54) is 0 Å². The normalized spacial score (nSPS) is 34.8. The first-order valence-corrected chi connectivity index (χ1v) is 10.9. The van der Waals surface area contributed by atoms with Gasteiger partial charge in [0.25, 0.3) is 0 Å². The van der Waals surface area contributed by atoms with Gasteiger partial charge in [0, 0.05) is 26.2 Å². The fraction of sp³-hybridized carbons (Fsp3) is 0.708. The van der Waals surface area contributed by atoms with Gasteiger partial charge in [-0.2, -0.15) is 0 Å². The SMILES string of the molecule is COCCC(=O)N[C@@H]1C(C)(C)[C@@H]2C[C@@H]3[C@@H](c4cc(C)c(O)c(C)c4)OCC[C@@]31C2. The van der Waals surface area contributed by atoms with Crippen molar-refractivity contribution in [2.24, 2.45) is 22.7 Å². The van der Waals surface area contributed by atoms with Gasteiger partial charge in [-0.25, -0.2) is 0 Å². The number of ether oxygens (including phenoxy) is 2. The fourth-order valence-electron chi connectivity index (χ4n) is 6.70. The largest absolute Gasteiger partial charge is 0.507 e. The molecule has 1 aliphatic heterocycles. The van der Waals surface area contributed by atoms with Gasteiger partial charge in [-0.1, -0.05) is 13.8 Å². The van der Waals surface area contributed by atoms with E-state index in [0.717, 1.165) is 36.0 Å². The second kappa shape index (κ2) is 7.28. The quantitative estimate of drug-likeness (QED) is 0.781. The molecule has 1 amide bonds. The maximum atomic E-state index is 12.6. The Hall–Kier alpha value is -1.59. The molecule has 1 aromatic rings. The van der Waals surface area contributed by atoms with Crippen LogP contribution < -0.4 is 5.32 Å². The van der Waals surface area contributed by atoms with E-state index in [1.54, 1.807) is 7.11 Å². The van der Waals surface area contributed by atoms with Crippen molar-refractivity contribution in [3.8, 4) is 5.75 Å². The van der Waals surface area contributed by atoms with Crippen LogP contribution in [0.5, 0.6) is 5.75 Å². The molecule has 2 N–H and O–H groups in total. The van der Waals surface area contributed by atoms with E-state index in [-0.39, 0.29) is 28.9 Å². The van der Waals surface area contributed by atoms with E-state index in [2.05, 4.69) is 31.3 Å². The summed E-state index contributed by atoms with van der Waals surface area (Å²) in [5.41, 5.74) is 3.13. The Kier molecular flexibility index (Phi) is 5.19. The van der Waals surface area contributed by atoms with Crippen LogP contribution in [-0.4, -0.2) is 37.4 Å². The molecule has 3 aliphatic rings. The van der Waals surface area contributed by atoms with Gasteiger partial charge >= 0.3 is 0 Å². The highest BCUT2D eigenvalue weighted by Gasteiger charge is 2.68. The summed E-state index contributed by atoms with van der Waals surface area (Å²) < 4.78 is 11.4. The van der Waals surface area contributed by atoms with Crippen molar-refractivity contribution in [1.29, 1.82) is 0 Å². The van der Waals surface area contributed by atoms with Crippen molar-refractivity contribution in [2.75, 3.05) is 20.3 Å². The Labute approximate surface area is 174 Å². The molecule has 4 rings (SSSR count). The summed E-state index contributed by atoms with van der Waals surface area (Å²) in [5.74, 6) is 1.44. The van der Waals surface area contributed by atoms with Gasteiger partial charge in [0.1, 0.15) is 5.75 Å². The van der Waals surface area contributed by atoms with Crippen molar-refractivity contribution < 1.29 is 19.4 Å². The summed E-state index contributed by atoms with van der Waals surface area (Å²) in [4.78, 5) is 12.6. The van der Waals surface area contributed by atoms with Crippen molar-refractivity contribution in [1.82, 2.24) is 5.32 Å². The molecule has 5 atom stereocenters. The van der Waals surface area contributed by atoms with Gasteiger partial charge < -0.3 is 19.9 Å². The lowest BCUT2D eigenvalue weighted by Crippen LogP contribution is -2.59. The highest BCUT2D eigenvalue weighted by molar-refractivity contribution is 5.76. The molecule has 5 heteroatoms. The van der Waals surface area contributed by atoms with Crippen LogP contribution in [-0.2, 0) is 14.3 Å². The van der Waals surface area contributed by atoms with E-state index in [4.69, 9.17) is 9.47 Å². The maximum absolute atomic E-state index is 12.6. The Balaban J connectivity index is 1.65. The average Bonchev–Trinajstić information content (AvgIpc) is 3.16. The minimum atomic E-state index is 0.0289. The molecule has 1 aromatic carbocycles. The summed E-state index contributed by atoms with van der Waals surface area (Å²) in [6, 6.07) is 4.32. The summed E-state index contributed by atoms with van der Waals surface area (Å²) in [6.45, 7) is 9.72. The molecule has 1 spiro atoms. The third kappa shape index (κ3) is 3.17. The lowest BCUT2D eigenvalue weighted by atomic mass is 9.58. The Morgan fingerprint density at radius 1 is 1.31 bits per heavy atom. The van der Waals surface area contributed by atoms with Crippen LogP contribution in [0.15, 0.2) is 12.1 Å². The molecule has 0 radical (unpaired) electrons. The van der Waals surface area contributed by atoms with Gasteiger partial charge in [0.05, 0.1) is 12.7 Å². The Morgan fingerprint density at radius 2 is 2.00 bits per heavy atom. The van der Waals surface area contributed by atoms with Crippen molar-refractivity contribution in [3.05, 3.63) is 28.8 Å².